The normalized spacial score (nSPS) is 27.9. The van der Waals surface area contributed by atoms with Gasteiger partial charge in [-0.3, -0.25) is 0 Å². The summed E-state index contributed by atoms with van der Waals surface area (Å²) in [6.07, 6.45) is 5.55. The first-order valence-electron chi connectivity index (χ1n) is 5.56. The molecule has 5 heteroatoms. The summed E-state index contributed by atoms with van der Waals surface area (Å²) < 4.78 is 21.7. The molecule has 0 atom stereocenters. The van der Waals surface area contributed by atoms with Gasteiger partial charge in [0.1, 0.15) is 9.84 Å². The molecule has 15 heavy (non-hydrogen) atoms. The quantitative estimate of drug-likeness (QED) is 0.673. The number of rotatable bonds is 5. The Balaban J connectivity index is 2.06. The van der Waals surface area contributed by atoms with Gasteiger partial charge < -0.3 is 10.4 Å². The smallest absolute Gasteiger partial charge is 0.147 e. The summed E-state index contributed by atoms with van der Waals surface area (Å²) in [7, 11) is -2.82. The van der Waals surface area contributed by atoms with Crippen molar-refractivity contribution in [1.82, 2.24) is 5.32 Å². The van der Waals surface area contributed by atoms with Crippen LogP contribution in [0.1, 0.15) is 32.1 Å². The highest BCUT2D eigenvalue weighted by Gasteiger charge is 2.18. The summed E-state index contributed by atoms with van der Waals surface area (Å²) in [4.78, 5) is 0. The van der Waals surface area contributed by atoms with E-state index in [2.05, 4.69) is 5.32 Å². The Hall–Kier alpha value is -0.130. The predicted octanol–water partition coefficient (Wildman–Crippen LogP) is 0.314. The van der Waals surface area contributed by atoms with Crippen LogP contribution >= 0.6 is 0 Å². The summed E-state index contributed by atoms with van der Waals surface area (Å²) >= 11 is 0. The van der Waals surface area contributed by atoms with Gasteiger partial charge in [-0.05, 0) is 38.6 Å². The molecule has 0 radical (unpaired) electrons. The van der Waals surface area contributed by atoms with E-state index in [4.69, 9.17) is 0 Å². The van der Waals surface area contributed by atoms with Crippen LogP contribution in [0.15, 0.2) is 0 Å². The SMILES string of the molecule is CS(=O)(=O)CCCNC1CCC(O)CC1. The van der Waals surface area contributed by atoms with E-state index in [1.807, 2.05) is 0 Å². The van der Waals surface area contributed by atoms with Crippen LogP contribution in [0.25, 0.3) is 0 Å². The maximum atomic E-state index is 10.9. The molecule has 1 fully saturated rings. The average Bonchev–Trinajstić information content (AvgIpc) is 2.14. The Morgan fingerprint density at radius 3 is 2.40 bits per heavy atom. The van der Waals surface area contributed by atoms with E-state index in [1.165, 1.54) is 6.26 Å². The van der Waals surface area contributed by atoms with Crippen LogP contribution < -0.4 is 5.32 Å². The van der Waals surface area contributed by atoms with Crippen LogP contribution in [0.5, 0.6) is 0 Å². The van der Waals surface area contributed by atoms with Crippen molar-refractivity contribution in [3.63, 3.8) is 0 Å². The summed E-state index contributed by atoms with van der Waals surface area (Å²) in [5, 5.41) is 12.6. The molecule has 90 valence electrons. The van der Waals surface area contributed by atoms with Gasteiger partial charge in [0.2, 0.25) is 0 Å². The Bertz CT molecular complexity index is 268. The van der Waals surface area contributed by atoms with Gasteiger partial charge in [-0.15, -0.1) is 0 Å². The topological polar surface area (TPSA) is 66.4 Å². The molecule has 0 aromatic rings. The Morgan fingerprint density at radius 2 is 1.87 bits per heavy atom. The largest absolute Gasteiger partial charge is 0.393 e. The molecule has 0 aliphatic heterocycles. The van der Waals surface area contributed by atoms with E-state index in [0.717, 1.165) is 32.2 Å². The van der Waals surface area contributed by atoms with E-state index in [-0.39, 0.29) is 11.9 Å². The monoisotopic (exact) mass is 235 g/mol. The molecule has 1 aliphatic carbocycles. The number of hydrogen-bond acceptors (Lipinski definition) is 4. The lowest BCUT2D eigenvalue weighted by Crippen LogP contribution is -2.35. The van der Waals surface area contributed by atoms with E-state index in [1.54, 1.807) is 0 Å². The molecule has 2 N–H and O–H groups in total. The Morgan fingerprint density at radius 1 is 1.27 bits per heavy atom. The molecular weight excluding hydrogens is 214 g/mol. The summed E-state index contributed by atoms with van der Waals surface area (Å²) in [6.45, 7) is 0.758. The third-order valence-electron chi connectivity index (χ3n) is 2.82. The minimum atomic E-state index is -2.82. The zero-order valence-corrected chi connectivity index (χ0v) is 10.1. The Labute approximate surface area is 92.0 Å². The molecule has 0 spiro atoms. The summed E-state index contributed by atoms with van der Waals surface area (Å²) in [5.41, 5.74) is 0. The Kier molecular flexibility index (Phi) is 5.02. The zero-order valence-electron chi connectivity index (χ0n) is 9.28. The van der Waals surface area contributed by atoms with Crippen LogP contribution in [0, 0.1) is 0 Å². The van der Waals surface area contributed by atoms with Crippen LogP contribution in [0.2, 0.25) is 0 Å². The molecule has 1 saturated carbocycles. The number of hydrogen-bond donors (Lipinski definition) is 2. The van der Waals surface area contributed by atoms with E-state index < -0.39 is 9.84 Å². The van der Waals surface area contributed by atoms with Gasteiger partial charge in [-0.25, -0.2) is 8.42 Å². The second-order valence-electron chi connectivity index (χ2n) is 4.44. The van der Waals surface area contributed by atoms with Crippen LogP contribution in [-0.4, -0.2) is 44.2 Å². The van der Waals surface area contributed by atoms with E-state index in [9.17, 15) is 13.5 Å². The standard InChI is InChI=1S/C10H21NO3S/c1-15(13,14)8-2-7-11-9-3-5-10(12)6-4-9/h9-12H,2-8H2,1H3. The lowest BCUT2D eigenvalue weighted by atomic mass is 9.93. The van der Waals surface area contributed by atoms with Crippen molar-refractivity contribution in [2.24, 2.45) is 0 Å². The molecule has 0 aromatic heterocycles. The molecule has 0 aromatic carbocycles. The second kappa shape index (κ2) is 5.82. The minimum Gasteiger partial charge on any atom is -0.393 e. The lowest BCUT2D eigenvalue weighted by Gasteiger charge is -2.26. The highest BCUT2D eigenvalue weighted by atomic mass is 32.2. The van der Waals surface area contributed by atoms with Crippen molar-refractivity contribution < 1.29 is 13.5 Å². The first-order chi connectivity index (χ1) is 6.97. The number of nitrogens with one attached hydrogen (secondary N) is 1. The molecule has 0 saturated heterocycles. The van der Waals surface area contributed by atoms with Gasteiger partial charge in [-0.1, -0.05) is 0 Å². The van der Waals surface area contributed by atoms with Crippen LogP contribution in [0.4, 0.5) is 0 Å². The van der Waals surface area contributed by atoms with Gasteiger partial charge in [0.25, 0.3) is 0 Å². The van der Waals surface area contributed by atoms with Crippen molar-refractivity contribution in [1.29, 1.82) is 0 Å². The van der Waals surface area contributed by atoms with Crippen molar-refractivity contribution in [3.8, 4) is 0 Å². The highest BCUT2D eigenvalue weighted by molar-refractivity contribution is 7.90. The van der Waals surface area contributed by atoms with E-state index in [0.29, 0.717) is 12.5 Å². The first-order valence-corrected chi connectivity index (χ1v) is 7.62. The maximum absolute atomic E-state index is 10.9. The van der Waals surface area contributed by atoms with Crippen LogP contribution in [-0.2, 0) is 9.84 Å². The van der Waals surface area contributed by atoms with Crippen molar-refractivity contribution in [2.45, 2.75) is 44.2 Å². The number of aliphatic hydroxyl groups excluding tert-OH is 1. The minimum absolute atomic E-state index is 0.126. The summed E-state index contributed by atoms with van der Waals surface area (Å²) in [6, 6.07) is 0.466. The second-order valence-corrected chi connectivity index (χ2v) is 6.70. The van der Waals surface area contributed by atoms with Gasteiger partial charge in [-0.2, -0.15) is 0 Å². The van der Waals surface area contributed by atoms with Crippen molar-refractivity contribution in [3.05, 3.63) is 0 Å². The molecule has 0 unspecified atom stereocenters. The molecule has 0 amide bonds. The average molecular weight is 235 g/mol. The fraction of sp³-hybridized carbons (Fsp3) is 1.00. The highest BCUT2D eigenvalue weighted by Crippen LogP contribution is 2.17. The fourth-order valence-corrected chi connectivity index (χ4v) is 2.59. The third-order valence-corrected chi connectivity index (χ3v) is 3.85. The predicted molar refractivity (Wildman–Crippen MR) is 60.6 cm³/mol. The molecule has 4 nitrogen and oxygen atoms in total. The first kappa shape index (κ1) is 12.9. The lowest BCUT2D eigenvalue weighted by molar-refractivity contribution is 0.117. The van der Waals surface area contributed by atoms with Crippen LogP contribution in [0.3, 0.4) is 0 Å². The maximum Gasteiger partial charge on any atom is 0.147 e. The third kappa shape index (κ3) is 6.12. The van der Waals surface area contributed by atoms with Gasteiger partial charge in [0, 0.05) is 12.3 Å². The molecule has 0 heterocycles. The van der Waals surface area contributed by atoms with Gasteiger partial charge >= 0.3 is 0 Å². The molecule has 1 rings (SSSR count). The molecule has 1 aliphatic rings. The van der Waals surface area contributed by atoms with Crippen molar-refractivity contribution >= 4 is 9.84 Å². The van der Waals surface area contributed by atoms with E-state index >= 15 is 0 Å². The number of sulfone groups is 1. The van der Waals surface area contributed by atoms with Crippen molar-refractivity contribution in [2.75, 3.05) is 18.6 Å². The van der Waals surface area contributed by atoms with Gasteiger partial charge in [0.05, 0.1) is 11.9 Å². The molecular formula is C10H21NO3S. The fourth-order valence-electron chi connectivity index (χ4n) is 1.92. The summed E-state index contributed by atoms with van der Waals surface area (Å²) in [5.74, 6) is 0.259. The zero-order chi connectivity index (χ0) is 11.3. The molecule has 0 bridgehead atoms. The number of aliphatic hydroxyl groups is 1. The van der Waals surface area contributed by atoms with Gasteiger partial charge in [0.15, 0.2) is 0 Å².